The molecule has 0 aliphatic heterocycles. The van der Waals surface area contributed by atoms with E-state index < -0.39 is 0 Å². The molecule has 0 amide bonds. The maximum atomic E-state index is 13.2. The van der Waals surface area contributed by atoms with Gasteiger partial charge in [-0.15, -0.1) is 0 Å². The third-order valence-corrected chi connectivity index (χ3v) is 4.52. The van der Waals surface area contributed by atoms with E-state index in [-0.39, 0.29) is 11.9 Å². The van der Waals surface area contributed by atoms with E-state index in [1.807, 2.05) is 56.7 Å². The van der Waals surface area contributed by atoms with E-state index in [1.165, 1.54) is 12.1 Å². The molecule has 0 spiro atoms. The molecular weight excluding hydrogens is 367 g/mol. The number of nitrogens with one attached hydrogen (secondary N) is 2. The Kier molecular flexibility index (Phi) is 5.20. The molecular formula is C22H21FN6. The van der Waals surface area contributed by atoms with Crippen molar-refractivity contribution in [1.82, 2.24) is 19.7 Å². The standard InChI is InChI=1S/C22H21FN6/c1-15(16-6-8-19(23)9-7-16)26-21-11-17(18-13-25-29(2)14-18)12-22(28-21)27-20-5-3-4-10-24-20/h3-15H,1-2H3,(H2,24,26,27,28)/t15-/m0/s1. The van der Waals surface area contributed by atoms with Crippen molar-refractivity contribution in [2.24, 2.45) is 7.05 Å². The van der Waals surface area contributed by atoms with Gasteiger partial charge in [0.15, 0.2) is 0 Å². The summed E-state index contributed by atoms with van der Waals surface area (Å²) in [6, 6.07) is 16.0. The van der Waals surface area contributed by atoms with Crippen LogP contribution in [-0.2, 0) is 7.05 Å². The van der Waals surface area contributed by atoms with Gasteiger partial charge in [0.2, 0.25) is 0 Å². The highest BCUT2D eigenvalue weighted by atomic mass is 19.1. The van der Waals surface area contributed by atoms with Crippen molar-refractivity contribution in [3.05, 3.63) is 84.6 Å². The van der Waals surface area contributed by atoms with E-state index in [0.29, 0.717) is 17.5 Å². The van der Waals surface area contributed by atoms with Crippen molar-refractivity contribution in [3.8, 4) is 11.1 Å². The lowest BCUT2D eigenvalue weighted by atomic mass is 10.1. The minimum Gasteiger partial charge on any atom is -0.363 e. The monoisotopic (exact) mass is 388 g/mol. The summed E-state index contributed by atoms with van der Waals surface area (Å²) in [6.07, 6.45) is 5.49. The molecule has 1 aromatic carbocycles. The molecule has 0 radical (unpaired) electrons. The average molecular weight is 388 g/mol. The van der Waals surface area contributed by atoms with Gasteiger partial charge in [0.05, 0.1) is 6.20 Å². The maximum Gasteiger partial charge on any atom is 0.134 e. The second-order valence-corrected chi connectivity index (χ2v) is 6.79. The van der Waals surface area contributed by atoms with Crippen molar-refractivity contribution in [1.29, 1.82) is 0 Å². The van der Waals surface area contributed by atoms with E-state index >= 15 is 0 Å². The largest absolute Gasteiger partial charge is 0.363 e. The van der Waals surface area contributed by atoms with E-state index in [2.05, 4.69) is 25.7 Å². The highest BCUT2D eigenvalue weighted by Crippen LogP contribution is 2.28. The second kappa shape index (κ2) is 8.10. The molecule has 146 valence electrons. The molecule has 1 atom stereocenters. The fourth-order valence-corrected chi connectivity index (χ4v) is 3.03. The molecule has 7 heteroatoms. The van der Waals surface area contributed by atoms with E-state index in [0.717, 1.165) is 16.7 Å². The summed E-state index contributed by atoms with van der Waals surface area (Å²) in [4.78, 5) is 8.98. The van der Waals surface area contributed by atoms with Crippen molar-refractivity contribution < 1.29 is 4.39 Å². The minimum absolute atomic E-state index is 0.0463. The summed E-state index contributed by atoms with van der Waals surface area (Å²) in [5.74, 6) is 1.82. The van der Waals surface area contributed by atoms with Crippen LogP contribution in [0.3, 0.4) is 0 Å². The number of benzene rings is 1. The first-order valence-corrected chi connectivity index (χ1v) is 9.28. The number of hydrogen-bond donors (Lipinski definition) is 2. The maximum absolute atomic E-state index is 13.2. The summed E-state index contributed by atoms with van der Waals surface area (Å²) < 4.78 is 15.0. The van der Waals surface area contributed by atoms with Crippen LogP contribution in [0.1, 0.15) is 18.5 Å². The molecule has 4 aromatic rings. The smallest absolute Gasteiger partial charge is 0.134 e. The Morgan fingerprint density at radius 1 is 0.966 bits per heavy atom. The number of pyridine rings is 2. The lowest BCUT2D eigenvalue weighted by molar-refractivity contribution is 0.626. The van der Waals surface area contributed by atoms with Crippen molar-refractivity contribution in [3.63, 3.8) is 0 Å². The molecule has 6 nitrogen and oxygen atoms in total. The first kappa shape index (κ1) is 18.6. The molecule has 0 saturated heterocycles. The van der Waals surface area contributed by atoms with Crippen LogP contribution in [0.5, 0.6) is 0 Å². The molecule has 0 fully saturated rings. The van der Waals surface area contributed by atoms with Crippen molar-refractivity contribution in [2.75, 3.05) is 10.6 Å². The summed E-state index contributed by atoms with van der Waals surface area (Å²) in [5.41, 5.74) is 2.93. The van der Waals surface area contributed by atoms with Gasteiger partial charge in [0.25, 0.3) is 0 Å². The third kappa shape index (κ3) is 4.57. The normalized spacial score (nSPS) is 11.8. The van der Waals surface area contributed by atoms with Gasteiger partial charge in [-0.1, -0.05) is 18.2 Å². The number of anilines is 3. The molecule has 3 aromatic heterocycles. The molecule has 29 heavy (non-hydrogen) atoms. The number of rotatable bonds is 6. The molecule has 0 aliphatic carbocycles. The quantitative estimate of drug-likeness (QED) is 0.490. The van der Waals surface area contributed by atoms with Gasteiger partial charge >= 0.3 is 0 Å². The molecule has 0 unspecified atom stereocenters. The van der Waals surface area contributed by atoms with Crippen LogP contribution in [0.25, 0.3) is 11.1 Å². The zero-order valence-corrected chi connectivity index (χ0v) is 16.2. The fraction of sp³-hybridized carbons (Fsp3) is 0.136. The van der Waals surface area contributed by atoms with E-state index in [1.54, 1.807) is 23.0 Å². The number of aromatic nitrogens is 4. The lowest BCUT2D eigenvalue weighted by Crippen LogP contribution is -2.09. The predicted molar refractivity (Wildman–Crippen MR) is 112 cm³/mol. The van der Waals surface area contributed by atoms with Gasteiger partial charge in [-0.2, -0.15) is 5.10 Å². The van der Waals surface area contributed by atoms with E-state index in [4.69, 9.17) is 0 Å². The molecule has 3 heterocycles. The van der Waals surface area contributed by atoms with Gasteiger partial charge in [0, 0.05) is 31.0 Å². The Balaban J connectivity index is 1.66. The minimum atomic E-state index is -0.250. The van der Waals surface area contributed by atoms with Crippen LogP contribution < -0.4 is 10.6 Å². The van der Waals surface area contributed by atoms with Crippen LogP contribution in [0.2, 0.25) is 0 Å². The Hall–Kier alpha value is -3.74. The average Bonchev–Trinajstić information content (AvgIpc) is 3.15. The van der Waals surface area contributed by atoms with Gasteiger partial charge in [-0.05, 0) is 54.4 Å². The zero-order chi connectivity index (χ0) is 20.2. The molecule has 0 bridgehead atoms. The van der Waals surface area contributed by atoms with Crippen LogP contribution >= 0.6 is 0 Å². The predicted octanol–water partition coefficient (Wildman–Crippen LogP) is 4.93. The van der Waals surface area contributed by atoms with Crippen LogP contribution in [0, 0.1) is 5.82 Å². The first-order chi connectivity index (χ1) is 14.1. The third-order valence-electron chi connectivity index (χ3n) is 4.52. The van der Waals surface area contributed by atoms with Crippen molar-refractivity contribution >= 4 is 17.5 Å². The first-order valence-electron chi connectivity index (χ1n) is 9.28. The Labute approximate surface area is 168 Å². The highest BCUT2D eigenvalue weighted by Gasteiger charge is 2.11. The number of nitrogens with zero attached hydrogens (tertiary/aromatic N) is 4. The summed E-state index contributed by atoms with van der Waals surface area (Å²) in [5, 5.41) is 10.9. The molecule has 2 N–H and O–H groups in total. The SMILES string of the molecule is C[C@H](Nc1cc(-c2cnn(C)c2)cc(Nc2ccccn2)n1)c1ccc(F)cc1. The summed E-state index contributed by atoms with van der Waals surface area (Å²) in [7, 11) is 1.88. The number of hydrogen-bond acceptors (Lipinski definition) is 5. The number of aryl methyl sites for hydroxylation is 1. The van der Waals surface area contributed by atoms with E-state index in [9.17, 15) is 4.39 Å². The van der Waals surface area contributed by atoms with Gasteiger partial charge in [-0.25, -0.2) is 14.4 Å². The fourth-order valence-electron chi connectivity index (χ4n) is 3.03. The van der Waals surface area contributed by atoms with Crippen LogP contribution in [0.15, 0.2) is 73.2 Å². The molecule has 0 saturated carbocycles. The van der Waals surface area contributed by atoms with Gasteiger partial charge < -0.3 is 10.6 Å². The van der Waals surface area contributed by atoms with Crippen molar-refractivity contribution in [2.45, 2.75) is 13.0 Å². The van der Waals surface area contributed by atoms with Gasteiger partial charge in [-0.3, -0.25) is 4.68 Å². The molecule has 4 rings (SSSR count). The van der Waals surface area contributed by atoms with Crippen LogP contribution in [0.4, 0.5) is 21.8 Å². The zero-order valence-electron chi connectivity index (χ0n) is 16.2. The second-order valence-electron chi connectivity index (χ2n) is 6.79. The lowest BCUT2D eigenvalue weighted by Gasteiger charge is -2.17. The highest BCUT2D eigenvalue weighted by molar-refractivity contribution is 5.71. The number of halogens is 1. The molecule has 0 aliphatic rings. The topological polar surface area (TPSA) is 67.7 Å². The summed E-state index contributed by atoms with van der Waals surface area (Å²) in [6.45, 7) is 2.01. The Morgan fingerprint density at radius 2 is 1.76 bits per heavy atom. The summed E-state index contributed by atoms with van der Waals surface area (Å²) >= 11 is 0. The Morgan fingerprint density at radius 3 is 2.45 bits per heavy atom. The Bertz CT molecular complexity index is 1090. The van der Waals surface area contributed by atoms with Crippen LogP contribution in [-0.4, -0.2) is 19.7 Å². The van der Waals surface area contributed by atoms with Gasteiger partial charge in [0.1, 0.15) is 23.3 Å².